The highest BCUT2D eigenvalue weighted by atomic mass is 16.4. The zero-order valence-corrected chi connectivity index (χ0v) is 4.46. The molecule has 1 N–H and O–H groups in total. The van der Waals surface area contributed by atoms with E-state index in [4.69, 9.17) is 5.11 Å². The number of hydrogen-bond acceptors (Lipinski definition) is 3. The molecule has 44 valence electrons. The number of hydrogen-bond donors (Lipinski definition) is 1. The Bertz CT molecular complexity index is 135. The summed E-state index contributed by atoms with van der Waals surface area (Å²) in [6, 6.07) is 2.15. The van der Waals surface area contributed by atoms with E-state index in [0.29, 0.717) is 0 Å². The number of carboxylic acid groups (broad SMARTS) is 1. The van der Waals surface area contributed by atoms with E-state index in [9.17, 15) is 4.79 Å². The normalized spacial score (nSPS) is 7.12. The van der Waals surface area contributed by atoms with Gasteiger partial charge in [-0.1, -0.05) is 0 Å². The van der Waals surface area contributed by atoms with Gasteiger partial charge in [0, 0.05) is 7.05 Å². The largest absolute Gasteiger partial charge is 0.480 e. The number of carboxylic acids is 1. The lowest BCUT2D eigenvalue weighted by Gasteiger charge is -1.75. The minimum Gasteiger partial charge on any atom is -0.480 e. The van der Waals surface area contributed by atoms with Crippen molar-refractivity contribution in [3.63, 3.8) is 0 Å². The molecule has 0 saturated heterocycles. The molecule has 0 aromatic rings. The van der Waals surface area contributed by atoms with Gasteiger partial charge in [-0.25, -0.2) is 9.98 Å². The molecule has 0 rings (SSSR count). The Morgan fingerprint density at radius 2 is 2.50 bits per heavy atom. The molecule has 0 radical (unpaired) electrons. The number of aliphatic imine (C=N–C) groups is 2. The molecule has 0 unspecified atom stereocenters. The summed E-state index contributed by atoms with van der Waals surface area (Å²) in [5.74, 6) is -0.971. The van der Waals surface area contributed by atoms with Gasteiger partial charge in [0.2, 0.25) is 0 Å². The minimum absolute atomic E-state index is 0.253. The molecule has 8 heavy (non-hydrogen) atoms. The molecule has 0 spiro atoms. The monoisotopic (exact) mass is 114 g/mol. The molecule has 0 aliphatic carbocycles. The van der Waals surface area contributed by atoms with E-state index in [1.54, 1.807) is 0 Å². The van der Waals surface area contributed by atoms with Gasteiger partial charge in [0.25, 0.3) is 0 Å². The van der Waals surface area contributed by atoms with Crippen molar-refractivity contribution in [2.24, 2.45) is 9.98 Å². The van der Waals surface area contributed by atoms with Gasteiger partial charge in [0.1, 0.15) is 6.54 Å². The van der Waals surface area contributed by atoms with Crippen LogP contribution in [0.1, 0.15) is 0 Å². The first kappa shape index (κ1) is 6.85. The Labute approximate surface area is 46.6 Å². The van der Waals surface area contributed by atoms with Crippen molar-refractivity contribution in [1.82, 2.24) is 0 Å². The zero-order valence-electron chi connectivity index (χ0n) is 4.46. The third-order valence-corrected chi connectivity index (χ3v) is 0.385. The average Bonchev–Trinajstić information content (AvgIpc) is 1.66. The van der Waals surface area contributed by atoms with Crippen molar-refractivity contribution < 1.29 is 9.90 Å². The summed E-state index contributed by atoms with van der Waals surface area (Å²) in [5, 5.41) is 7.96. The van der Waals surface area contributed by atoms with Crippen LogP contribution < -0.4 is 0 Å². The molecule has 0 aliphatic heterocycles. The van der Waals surface area contributed by atoms with Crippen LogP contribution in [0, 0.1) is 0 Å². The van der Waals surface area contributed by atoms with Crippen molar-refractivity contribution in [3.8, 4) is 0 Å². The van der Waals surface area contributed by atoms with E-state index in [1.165, 1.54) is 7.05 Å². The first-order chi connectivity index (χ1) is 3.77. The predicted molar refractivity (Wildman–Crippen MR) is 28.3 cm³/mol. The maximum absolute atomic E-state index is 9.70. The lowest BCUT2D eigenvalue weighted by atomic mass is 10.7. The van der Waals surface area contributed by atoms with Gasteiger partial charge < -0.3 is 5.11 Å². The topological polar surface area (TPSA) is 62.0 Å². The second kappa shape index (κ2) is 4.02. The van der Waals surface area contributed by atoms with Crippen molar-refractivity contribution in [3.05, 3.63) is 0 Å². The van der Waals surface area contributed by atoms with Gasteiger partial charge >= 0.3 is 5.97 Å². The fraction of sp³-hybridized carbons (Fsp3) is 0.500. The molecular formula is C4H6N2O2. The van der Waals surface area contributed by atoms with E-state index in [1.807, 2.05) is 0 Å². The quantitative estimate of drug-likeness (QED) is 0.508. The lowest BCUT2D eigenvalue weighted by Crippen LogP contribution is -1.97. The predicted octanol–water partition coefficient (Wildman–Crippen LogP) is -0.125. The van der Waals surface area contributed by atoms with Crippen molar-refractivity contribution >= 4 is 12.0 Å². The number of aliphatic carboxylic acids is 1. The molecular weight excluding hydrogens is 108 g/mol. The summed E-state index contributed by atoms with van der Waals surface area (Å²) < 4.78 is 0. The SMILES string of the molecule is CN=C=NCC(=O)O. The van der Waals surface area contributed by atoms with E-state index >= 15 is 0 Å². The Morgan fingerprint density at radius 3 is 2.88 bits per heavy atom. The van der Waals surface area contributed by atoms with Crippen LogP contribution in [-0.4, -0.2) is 30.7 Å². The van der Waals surface area contributed by atoms with Crippen molar-refractivity contribution in [1.29, 1.82) is 0 Å². The van der Waals surface area contributed by atoms with Crippen LogP contribution in [0.2, 0.25) is 0 Å². The first-order valence-corrected chi connectivity index (χ1v) is 1.99. The van der Waals surface area contributed by atoms with Crippen molar-refractivity contribution in [2.45, 2.75) is 0 Å². The molecule has 0 fully saturated rings. The van der Waals surface area contributed by atoms with Crippen LogP contribution in [0.4, 0.5) is 0 Å². The number of carbonyl (C=O) groups is 1. The summed E-state index contributed by atoms with van der Waals surface area (Å²) in [6.07, 6.45) is 0. The molecule has 0 heterocycles. The average molecular weight is 114 g/mol. The smallest absolute Gasteiger partial charge is 0.326 e. The first-order valence-electron chi connectivity index (χ1n) is 1.99. The maximum atomic E-state index is 9.70. The van der Waals surface area contributed by atoms with E-state index in [-0.39, 0.29) is 6.54 Å². The fourth-order valence-corrected chi connectivity index (χ4v) is 0.174. The molecule has 0 aromatic carbocycles. The summed E-state index contributed by atoms with van der Waals surface area (Å²) >= 11 is 0. The summed E-state index contributed by atoms with van der Waals surface area (Å²) in [5.41, 5.74) is 0. The van der Waals surface area contributed by atoms with E-state index in [0.717, 1.165) is 0 Å². The van der Waals surface area contributed by atoms with Crippen LogP contribution in [0.5, 0.6) is 0 Å². The van der Waals surface area contributed by atoms with Crippen LogP contribution in [0.3, 0.4) is 0 Å². The third kappa shape index (κ3) is 4.85. The van der Waals surface area contributed by atoms with Crippen LogP contribution in [-0.2, 0) is 4.79 Å². The highest BCUT2D eigenvalue weighted by Gasteiger charge is 1.87. The van der Waals surface area contributed by atoms with Crippen LogP contribution in [0.25, 0.3) is 0 Å². The zero-order chi connectivity index (χ0) is 6.41. The number of nitrogens with zero attached hydrogens (tertiary/aromatic N) is 2. The highest BCUT2D eigenvalue weighted by molar-refractivity contribution is 5.70. The molecule has 4 nitrogen and oxygen atoms in total. The van der Waals surface area contributed by atoms with Gasteiger partial charge in [-0.3, -0.25) is 4.79 Å². The summed E-state index contributed by atoms with van der Waals surface area (Å²) in [4.78, 5) is 16.3. The molecule has 0 amide bonds. The van der Waals surface area contributed by atoms with E-state index < -0.39 is 5.97 Å². The van der Waals surface area contributed by atoms with Crippen molar-refractivity contribution in [2.75, 3.05) is 13.6 Å². The van der Waals surface area contributed by atoms with Gasteiger partial charge in [-0.05, 0) is 0 Å². The fourth-order valence-electron chi connectivity index (χ4n) is 0.174. The van der Waals surface area contributed by atoms with Crippen LogP contribution >= 0.6 is 0 Å². The summed E-state index contributed by atoms with van der Waals surface area (Å²) in [7, 11) is 1.48. The molecule has 0 atom stereocenters. The molecule has 0 aromatic heterocycles. The van der Waals surface area contributed by atoms with Gasteiger partial charge in [-0.15, -0.1) is 0 Å². The standard InChI is InChI=1S/C4H6N2O2/c1-5-3-6-2-4(7)8/h2H2,1H3,(H,7,8). The number of rotatable bonds is 2. The Kier molecular flexibility index (Phi) is 3.44. The molecule has 0 saturated carbocycles. The van der Waals surface area contributed by atoms with E-state index in [2.05, 4.69) is 16.0 Å². The molecule has 0 aliphatic rings. The molecule has 4 heteroatoms. The minimum atomic E-state index is -0.971. The Balaban J connectivity index is 3.45. The summed E-state index contributed by atoms with van der Waals surface area (Å²) in [6.45, 7) is -0.253. The second-order valence-electron chi connectivity index (χ2n) is 1.03. The molecule has 0 bridgehead atoms. The lowest BCUT2D eigenvalue weighted by molar-refractivity contribution is -0.135. The Morgan fingerprint density at radius 1 is 1.88 bits per heavy atom. The Hall–Kier alpha value is -1.15. The third-order valence-electron chi connectivity index (χ3n) is 0.385. The second-order valence-corrected chi connectivity index (χ2v) is 1.03. The van der Waals surface area contributed by atoms with Gasteiger partial charge in [0.15, 0.2) is 0 Å². The van der Waals surface area contributed by atoms with Gasteiger partial charge in [0.05, 0.1) is 6.01 Å². The van der Waals surface area contributed by atoms with Crippen LogP contribution in [0.15, 0.2) is 9.98 Å². The van der Waals surface area contributed by atoms with Gasteiger partial charge in [-0.2, -0.15) is 0 Å². The maximum Gasteiger partial charge on any atom is 0.326 e. The highest BCUT2D eigenvalue weighted by Crippen LogP contribution is 1.63.